The maximum atomic E-state index is 12.9. The fourth-order valence-corrected chi connectivity index (χ4v) is 5.72. The van der Waals surface area contributed by atoms with Crippen LogP contribution in [-0.2, 0) is 28.2 Å². The second-order valence-corrected chi connectivity index (χ2v) is 9.85. The summed E-state index contributed by atoms with van der Waals surface area (Å²) < 4.78 is 40.3. The zero-order valence-electron chi connectivity index (χ0n) is 16.6. The molecule has 2 aliphatic heterocycles. The quantitative estimate of drug-likeness (QED) is 0.756. The van der Waals surface area contributed by atoms with Gasteiger partial charge < -0.3 is 13.8 Å². The van der Waals surface area contributed by atoms with Crippen molar-refractivity contribution >= 4 is 10.0 Å². The molecule has 0 N–H and O–H groups in total. The predicted octanol–water partition coefficient (Wildman–Crippen LogP) is 1.61. The fraction of sp³-hybridized carbons (Fsp3) is 0.722. The Balaban J connectivity index is 1.41. The second-order valence-electron chi connectivity index (χ2n) is 7.97. The van der Waals surface area contributed by atoms with Crippen LogP contribution in [0.25, 0.3) is 0 Å². The number of aromatic nitrogens is 4. The Morgan fingerprint density at radius 2 is 2.00 bits per heavy atom. The molecule has 1 unspecified atom stereocenters. The third kappa shape index (κ3) is 3.72. The van der Waals surface area contributed by atoms with Crippen LogP contribution in [0.4, 0.5) is 0 Å². The first-order valence-corrected chi connectivity index (χ1v) is 11.1. The number of ether oxygens (including phenoxy) is 1. The van der Waals surface area contributed by atoms with E-state index in [1.165, 1.54) is 4.31 Å². The van der Waals surface area contributed by atoms with Crippen LogP contribution in [-0.4, -0.2) is 57.7 Å². The molecule has 0 radical (unpaired) electrons. The van der Waals surface area contributed by atoms with Crippen LogP contribution in [0.2, 0.25) is 0 Å². The van der Waals surface area contributed by atoms with Gasteiger partial charge in [0.2, 0.25) is 5.89 Å². The molecule has 0 saturated carbocycles. The number of piperidine rings is 1. The Morgan fingerprint density at radius 1 is 1.25 bits per heavy atom. The van der Waals surface area contributed by atoms with Crippen molar-refractivity contribution in [3.8, 4) is 0 Å². The molecule has 0 aromatic carbocycles. The highest BCUT2D eigenvalue weighted by molar-refractivity contribution is 7.89. The summed E-state index contributed by atoms with van der Waals surface area (Å²) in [6.45, 7) is 5.18. The molecule has 1 atom stereocenters. The number of hydrogen-bond acceptors (Lipinski definition) is 7. The lowest BCUT2D eigenvalue weighted by molar-refractivity contribution is -0.120. The molecule has 2 aliphatic rings. The fourth-order valence-electron chi connectivity index (χ4n) is 4.25. The summed E-state index contributed by atoms with van der Waals surface area (Å²) in [6.07, 6.45) is 5.61. The van der Waals surface area contributed by atoms with E-state index < -0.39 is 10.0 Å². The van der Waals surface area contributed by atoms with Gasteiger partial charge in [-0.3, -0.25) is 0 Å². The summed E-state index contributed by atoms with van der Waals surface area (Å²) in [6, 6.07) is 0. The van der Waals surface area contributed by atoms with E-state index in [0.29, 0.717) is 50.2 Å². The largest absolute Gasteiger partial charge is 0.375 e. The van der Waals surface area contributed by atoms with Gasteiger partial charge in [0.1, 0.15) is 5.82 Å². The van der Waals surface area contributed by atoms with E-state index in [-0.39, 0.29) is 10.6 Å². The highest BCUT2D eigenvalue weighted by Gasteiger charge is 2.43. The number of rotatable bonds is 4. The molecule has 9 nitrogen and oxygen atoms in total. The van der Waals surface area contributed by atoms with Gasteiger partial charge in [0.25, 0.3) is 10.0 Å². The highest BCUT2D eigenvalue weighted by atomic mass is 32.2. The molecule has 154 valence electrons. The van der Waals surface area contributed by atoms with Gasteiger partial charge >= 0.3 is 0 Å². The number of nitrogens with zero attached hydrogens (tertiary/aromatic N) is 5. The normalized spacial score (nSPS) is 23.3. The summed E-state index contributed by atoms with van der Waals surface area (Å²) >= 11 is 0. The molecule has 2 saturated heterocycles. The summed E-state index contributed by atoms with van der Waals surface area (Å²) in [7, 11) is -1.77. The lowest BCUT2D eigenvalue weighted by Gasteiger charge is -2.45. The molecular weight excluding hydrogens is 382 g/mol. The van der Waals surface area contributed by atoms with E-state index in [9.17, 15) is 8.42 Å². The van der Waals surface area contributed by atoms with Crippen LogP contribution in [0.15, 0.2) is 15.7 Å². The topological polar surface area (TPSA) is 103 Å². The molecule has 4 rings (SSSR count). The van der Waals surface area contributed by atoms with Crippen molar-refractivity contribution in [1.82, 2.24) is 24.0 Å². The molecule has 0 bridgehead atoms. The standard InChI is InChI=1S/C18H27N5O4S/c1-13-19-17(12-22(13)3)28(24,25)23-7-5-18(6-8-23)11-15(4-9-26-18)10-16-20-14(2)27-21-16/h12,15H,4-11H2,1-3H3. The Hall–Kier alpha value is -1.78. The molecule has 4 heterocycles. The van der Waals surface area contributed by atoms with Crippen molar-refractivity contribution in [3.05, 3.63) is 23.7 Å². The molecule has 2 aromatic heterocycles. The van der Waals surface area contributed by atoms with Crippen LogP contribution in [0.1, 0.15) is 43.2 Å². The van der Waals surface area contributed by atoms with Crippen LogP contribution in [0.5, 0.6) is 0 Å². The van der Waals surface area contributed by atoms with Gasteiger partial charge in [-0.2, -0.15) is 9.29 Å². The van der Waals surface area contributed by atoms with E-state index in [1.807, 2.05) is 0 Å². The van der Waals surface area contributed by atoms with E-state index in [1.54, 1.807) is 31.7 Å². The smallest absolute Gasteiger partial charge is 0.262 e. The van der Waals surface area contributed by atoms with Crippen molar-refractivity contribution in [1.29, 1.82) is 0 Å². The molecule has 1 spiro atoms. The molecule has 28 heavy (non-hydrogen) atoms. The van der Waals surface area contributed by atoms with Gasteiger partial charge in [-0.25, -0.2) is 13.4 Å². The van der Waals surface area contributed by atoms with Crippen molar-refractivity contribution in [2.75, 3.05) is 19.7 Å². The molecular formula is C18H27N5O4S. The van der Waals surface area contributed by atoms with Gasteiger partial charge in [-0.15, -0.1) is 0 Å². The van der Waals surface area contributed by atoms with Crippen LogP contribution >= 0.6 is 0 Å². The Labute approximate surface area is 165 Å². The zero-order chi connectivity index (χ0) is 19.9. The van der Waals surface area contributed by atoms with Crippen molar-refractivity contribution < 1.29 is 17.7 Å². The maximum absolute atomic E-state index is 12.9. The lowest BCUT2D eigenvalue weighted by atomic mass is 9.78. The molecule has 0 aliphatic carbocycles. The monoisotopic (exact) mass is 409 g/mol. The first-order chi connectivity index (χ1) is 13.3. The Morgan fingerprint density at radius 3 is 2.61 bits per heavy atom. The van der Waals surface area contributed by atoms with E-state index in [0.717, 1.165) is 25.1 Å². The van der Waals surface area contributed by atoms with Crippen molar-refractivity contribution in [3.63, 3.8) is 0 Å². The van der Waals surface area contributed by atoms with Gasteiger partial charge in [-0.1, -0.05) is 5.16 Å². The third-order valence-corrected chi connectivity index (χ3v) is 7.73. The second kappa shape index (κ2) is 7.23. The highest BCUT2D eigenvalue weighted by Crippen LogP contribution is 2.39. The van der Waals surface area contributed by atoms with Gasteiger partial charge in [0.15, 0.2) is 10.9 Å². The SMILES string of the molecule is Cc1nc(CC2CCOC3(CCN(S(=O)(=O)c4cn(C)c(C)n4)CC3)C2)no1. The maximum Gasteiger partial charge on any atom is 0.262 e. The summed E-state index contributed by atoms with van der Waals surface area (Å²) in [5.74, 6) is 2.43. The van der Waals surface area contributed by atoms with Gasteiger partial charge in [-0.05, 0) is 38.5 Å². The van der Waals surface area contributed by atoms with Crippen LogP contribution in [0, 0.1) is 19.8 Å². The number of imidazole rings is 1. The first kappa shape index (κ1) is 19.5. The van der Waals surface area contributed by atoms with Crippen LogP contribution < -0.4 is 0 Å². The van der Waals surface area contributed by atoms with E-state index in [4.69, 9.17) is 9.26 Å². The van der Waals surface area contributed by atoms with E-state index >= 15 is 0 Å². The third-order valence-electron chi connectivity index (χ3n) is 5.96. The summed E-state index contributed by atoms with van der Waals surface area (Å²) in [5, 5.41) is 4.13. The molecule has 0 amide bonds. The average molecular weight is 410 g/mol. The summed E-state index contributed by atoms with van der Waals surface area (Å²) in [4.78, 5) is 8.51. The lowest BCUT2D eigenvalue weighted by Crippen LogP contribution is -2.51. The zero-order valence-corrected chi connectivity index (χ0v) is 17.4. The van der Waals surface area contributed by atoms with Crippen molar-refractivity contribution in [2.24, 2.45) is 13.0 Å². The van der Waals surface area contributed by atoms with Crippen LogP contribution in [0.3, 0.4) is 0 Å². The number of hydrogen-bond donors (Lipinski definition) is 0. The molecule has 2 aromatic rings. The van der Waals surface area contributed by atoms with Crippen molar-refractivity contribution in [2.45, 2.75) is 56.6 Å². The molecule has 2 fully saturated rings. The first-order valence-electron chi connectivity index (χ1n) is 9.71. The predicted molar refractivity (Wildman–Crippen MR) is 100 cm³/mol. The number of aryl methyl sites for hydroxylation is 3. The van der Waals surface area contributed by atoms with Gasteiger partial charge in [0, 0.05) is 46.3 Å². The Kier molecular flexibility index (Phi) is 5.05. The minimum absolute atomic E-state index is 0.123. The minimum atomic E-state index is -3.56. The van der Waals surface area contributed by atoms with E-state index in [2.05, 4.69) is 15.1 Å². The minimum Gasteiger partial charge on any atom is -0.375 e. The average Bonchev–Trinajstić information content (AvgIpc) is 3.21. The number of sulfonamides is 1. The molecule has 10 heteroatoms. The summed E-state index contributed by atoms with van der Waals surface area (Å²) in [5.41, 5.74) is -0.256. The van der Waals surface area contributed by atoms with Gasteiger partial charge in [0.05, 0.1) is 5.60 Å². The Bertz CT molecular complexity index is 924.